The van der Waals surface area contributed by atoms with E-state index in [-0.39, 0.29) is 8.42 Å². The highest BCUT2D eigenvalue weighted by Gasteiger charge is 2.33. The summed E-state index contributed by atoms with van der Waals surface area (Å²) in [7, 11) is -7.25. The van der Waals surface area contributed by atoms with Crippen LogP contribution >= 0.6 is 22.7 Å². The molecule has 2 N–H and O–H groups in total. The molecule has 1 aliphatic rings. The van der Waals surface area contributed by atoms with Crippen molar-refractivity contribution >= 4 is 42.7 Å². The minimum atomic E-state index is -3.62. The average Bonchev–Trinajstić information content (AvgIpc) is 3.23. The van der Waals surface area contributed by atoms with E-state index in [9.17, 15) is 16.8 Å². The van der Waals surface area contributed by atoms with Crippen molar-refractivity contribution in [3.63, 3.8) is 0 Å². The Morgan fingerprint density at radius 2 is 1.21 bits per heavy atom. The number of rotatable bonds is 6. The Hall–Kier alpha value is -0.780. The molecule has 6 nitrogen and oxygen atoms in total. The van der Waals surface area contributed by atoms with Gasteiger partial charge in [0.05, 0.1) is 0 Å². The topological polar surface area (TPSA) is 92.3 Å². The van der Waals surface area contributed by atoms with Gasteiger partial charge in [0.15, 0.2) is 0 Å². The molecule has 0 unspecified atom stereocenters. The van der Waals surface area contributed by atoms with Crippen LogP contribution in [-0.4, -0.2) is 28.9 Å². The third kappa shape index (κ3) is 4.06. The Balaban J connectivity index is 1.77. The van der Waals surface area contributed by atoms with E-state index < -0.39 is 32.1 Å². The van der Waals surface area contributed by atoms with Gasteiger partial charge in [-0.3, -0.25) is 0 Å². The molecule has 0 amide bonds. The molecule has 0 radical (unpaired) electrons. The summed E-state index contributed by atoms with van der Waals surface area (Å²) in [5, 5.41) is 3.40. The van der Waals surface area contributed by atoms with Crippen molar-refractivity contribution in [3.05, 3.63) is 35.0 Å². The Morgan fingerprint density at radius 1 is 0.792 bits per heavy atom. The lowest BCUT2D eigenvalue weighted by Crippen LogP contribution is -2.52. The predicted octanol–water partition coefficient (Wildman–Crippen LogP) is 2.38. The number of hydrogen-bond acceptors (Lipinski definition) is 6. The number of nitrogens with one attached hydrogen (secondary N) is 2. The second-order valence-electron chi connectivity index (χ2n) is 5.60. The number of sulfonamides is 2. The van der Waals surface area contributed by atoms with Gasteiger partial charge in [0.1, 0.15) is 8.42 Å². The summed E-state index contributed by atoms with van der Waals surface area (Å²) in [5.41, 5.74) is 0. The van der Waals surface area contributed by atoms with Crippen LogP contribution in [0.3, 0.4) is 0 Å². The molecule has 24 heavy (non-hydrogen) atoms. The SMILES string of the molecule is O=S(=O)(N[C@H]1CCCC[C@@H]1NS(=O)(=O)c1cccs1)c1cccs1. The van der Waals surface area contributed by atoms with Crippen LogP contribution in [0.1, 0.15) is 25.7 Å². The maximum Gasteiger partial charge on any atom is 0.250 e. The fourth-order valence-electron chi connectivity index (χ4n) is 2.76. The van der Waals surface area contributed by atoms with Gasteiger partial charge >= 0.3 is 0 Å². The molecule has 2 atom stereocenters. The maximum atomic E-state index is 12.4. The summed E-state index contributed by atoms with van der Waals surface area (Å²) in [6, 6.07) is 5.55. The Labute approximate surface area is 150 Å². The zero-order valence-electron chi connectivity index (χ0n) is 12.7. The van der Waals surface area contributed by atoms with Crippen molar-refractivity contribution in [2.75, 3.05) is 0 Å². The molecule has 0 saturated heterocycles. The van der Waals surface area contributed by atoms with Crippen LogP contribution in [0.4, 0.5) is 0 Å². The molecular formula is C14H18N2O4S4. The average molecular weight is 407 g/mol. The van der Waals surface area contributed by atoms with E-state index >= 15 is 0 Å². The molecule has 0 aliphatic heterocycles. The normalized spacial score (nSPS) is 22.5. The molecule has 1 aliphatic carbocycles. The van der Waals surface area contributed by atoms with Gasteiger partial charge in [0.2, 0.25) is 20.0 Å². The monoisotopic (exact) mass is 406 g/mol. The van der Waals surface area contributed by atoms with Gasteiger partial charge in [-0.15, -0.1) is 22.7 Å². The first-order chi connectivity index (χ1) is 11.4. The highest BCUT2D eigenvalue weighted by Crippen LogP contribution is 2.25. The molecule has 132 valence electrons. The molecule has 2 aromatic heterocycles. The van der Waals surface area contributed by atoms with E-state index in [2.05, 4.69) is 9.44 Å². The van der Waals surface area contributed by atoms with E-state index in [4.69, 9.17) is 0 Å². The largest absolute Gasteiger partial charge is 0.250 e. The zero-order valence-corrected chi connectivity index (χ0v) is 16.0. The Morgan fingerprint density at radius 3 is 1.54 bits per heavy atom. The quantitative estimate of drug-likeness (QED) is 0.770. The van der Waals surface area contributed by atoms with Gasteiger partial charge in [-0.2, -0.15) is 0 Å². The van der Waals surface area contributed by atoms with Gasteiger partial charge in [0, 0.05) is 12.1 Å². The lowest BCUT2D eigenvalue weighted by Gasteiger charge is -2.32. The van der Waals surface area contributed by atoms with Gasteiger partial charge < -0.3 is 0 Å². The van der Waals surface area contributed by atoms with Crippen LogP contribution in [0.5, 0.6) is 0 Å². The van der Waals surface area contributed by atoms with Crippen LogP contribution in [0.2, 0.25) is 0 Å². The molecule has 1 saturated carbocycles. The summed E-state index contributed by atoms with van der Waals surface area (Å²) in [6.07, 6.45) is 2.97. The molecule has 3 rings (SSSR count). The highest BCUT2D eigenvalue weighted by atomic mass is 32.3. The third-order valence-corrected chi connectivity index (χ3v) is 9.67. The molecule has 1 fully saturated rings. The Kier molecular flexibility index (Phi) is 5.42. The minimum absolute atomic E-state index is 0.243. The van der Waals surface area contributed by atoms with Gasteiger partial charge in [-0.1, -0.05) is 25.0 Å². The first kappa shape index (κ1) is 18.0. The second-order valence-corrected chi connectivity index (χ2v) is 11.4. The lowest BCUT2D eigenvalue weighted by molar-refractivity contribution is 0.340. The zero-order chi connectivity index (χ0) is 17.2. The summed E-state index contributed by atoms with van der Waals surface area (Å²) in [5.74, 6) is 0. The van der Waals surface area contributed by atoms with Crippen LogP contribution < -0.4 is 9.44 Å². The highest BCUT2D eigenvalue weighted by molar-refractivity contribution is 7.92. The first-order valence-electron chi connectivity index (χ1n) is 7.50. The standard InChI is InChI=1S/C14H18N2O4S4/c17-23(18,13-7-3-9-21-13)15-11-5-1-2-6-12(11)16-24(19,20)14-8-4-10-22-14/h3-4,7-12,15-16H,1-2,5-6H2/t11-,12-/m0/s1. The predicted molar refractivity (Wildman–Crippen MR) is 95.3 cm³/mol. The van der Waals surface area contributed by atoms with Gasteiger partial charge in [-0.05, 0) is 35.7 Å². The van der Waals surface area contributed by atoms with Crippen molar-refractivity contribution < 1.29 is 16.8 Å². The molecule has 0 spiro atoms. The first-order valence-corrected chi connectivity index (χ1v) is 12.2. The van der Waals surface area contributed by atoms with Gasteiger partial charge in [0.25, 0.3) is 0 Å². The Bertz CT molecular complexity index is 784. The van der Waals surface area contributed by atoms with E-state index in [0.717, 1.165) is 35.5 Å². The summed E-state index contributed by atoms with van der Waals surface area (Å²) < 4.78 is 55.5. The molecule has 10 heteroatoms. The molecule has 2 heterocycles. The van der Waals surface area contributed by atoms with E-state index in [1.165, 1.54) is 0 Å². The van der Waals surface area contributed by atoms with Crippen LogP contribution in [0, 0.1) is 0 Å². The third-order valence-electron chi connectivity index (χ3n) is 3.90. The van der Waals surface area contributed by atoms with Gasteiger partial charge in [-0.25, -0.2) is 26.3 Å². The van der Waals surface area contributed by atoms with E-state index in [1.54, 1.807) is 35.0 Å². The minimum Gasteiger partial charge on any atom is -0.206 e. The van der Waals surface area contributed by atoms with Crippen LogP contribution in [0.25, 0.3) is 0 Å². The molecular weight excluding hydrogens is 388 g/mol. The maximum absolute atomic E-state index is 12.4. The van der Waals surface area contributed by atoms with Crippen LogP contribution in [0.15, 0.2) is 43.4 Å². The van der Waals surface area contributed by atoms with Crippen molar-refractivity contribution in [2.45, 2.75) is 46.2 Å². The number of hydrogen-bond donors (Lipinski definition) is 2. The smallest absolute Gasteiger partial charge is 0.206 e. The van der Waals surface area contributed by atoms with E-state index in [1.807, 2.05) is 0 Å². The second kappa shape index (κ2) is 7.22. The number of thiophene rings is 2. The lowest BCUT2D eigenvalue weighted by atomic mass is 9.92. The summed E-state index contributed by atoms with van der Waals surface area (Å²) in [6.45, 7) is 0. The fraction of sp³-hybridized carbons (Fsp3) is 0.429. The van der Waals surface area contributed by atoms with Crippen molar-refractivity contribution in [2.24, 2.45) is 0 Å². The summed E-state index contributed by atoms with van der Waals surface area (Å²) in [4.78, 5) is 0. The van der Waals surface area contributed by atoms with Crippen LogP contribution in [-0.2, 0) is 20.0 Å². The summed E-state index contributed by atoms with van der Waals surface area (Å²) >= 11 is 2.29. The van der Waals surface area contributed by atoms with E-state index in [0.29, 0.717) is 12.8 Å². The fourth-order valence-corrected chi connectivity index (χ4v) is 7.40. The van der Waals surface area contributed by atoms with Crippen molar-refractivity contribution in [3.8, 4) is 0 Å². The molecule has 2 aromatic rings. The van der Waals surface area contributed by atoms with Crippen molar-refractivity contribution in [1.82, 2.24) is 9.44 Å². The molecule has 0 aromatic carbocycles. The molecule has 0 bridgehead atoms. The van der Waals surface area contributed by atoms with Crippen molar-refractivity contribution in [1.29, 1.82) is 0 Å².